The van der Waals surface area contributed by atoms with Crippen molar-refractivity contribution in [2.45, 2.75) is 181 Å². The number of unbranched alkanes of at least 4 members (excludes halogenated alkanes) is 16. The van der Waals surface area contributed by atoms with Gasteiger partial charge in [-0.05, 0) is 44.1 Å². The van der Waals surface area contributed by atoms with Crippen molar-refractivity contribution < 1.29 is 66.3 Å². The fourth-order valence-corrected chi connectivity index (χ4v) is 6.67. The number of rotatable bonds is 39. The van der Waals surface area contributed by atoms with Crippen molar-refractivity contribution in [1.29, 1.82) is 0 Å². The number of hydrogen-bond donors (Lipinski definition) is 4. The topological polar surface area (TPSA) is 212 Å². The molecule has 328 valence electrons. The van der Waals surface area contributed by atoms with Crippen molar-refractivity contribution in [1.82, 2.24) is 0 Å². The lowest BCUT2D eigenvalue weighted by atomic mass is 10.0. The van der Waals surface area contributed by atoms with Crippen LogP contribution in [0.1, 0.15) is 168 Å². The Bertz CT molecular complexity index is 1170. The van der Waals surface area contributed by atoms with E-state index in [1.165, 1.54) is 38.5 Å². The predicted octanol–water partition coefficient (Wildman–Crippen LogP) is 9.37. The third-order valence-electron chi connectivity index (χ3n) is 8.74. The number of ketones is 1. The Hall–Kier alpha value is -1.73. The zero-order chi connectivity index (χ0) is 41.9. The van der Waals surface area contributed by atoms with E-state index in [4.69, 9.17) is 23.8 Å². The highest BCUT2D eigenvalue weighted by Gasteiger charge is 2.28. The molecule has 0 spiro atoms. The molecule has 0 amide bonds. The molecule has 0 saturated carbocycles. The van der Waals surface area contributed by atoms with E-state index in [-0.39, 0.29) is 18.6 Å². The number of hydrogen-bond acceptors (Lipinski definition) is 11. The van der Waals surface area contributed by atoms with E-state index in [1.807, 2.05) is 12.2 Å². The minimum Gasteiger partial charge on any atom is -0.462 e. The lowest BCUT2D eigenvalue weighted by Gasteiger charge is -2.20. The van der Waals surface area contributed by atoms with Gasteiger partial charge in [-0.3, -0.25) is 28.0 Å². The molecule has 0 aliphatic heterocycles. The van der Waals surface area contributed by atoms with Crippen LogP contribution >= 0.6 is 15.6 Å². The van der Waals surface area contributed by atoms with E-state index in [1.54, 1.807) is 12.2 Å². The monoisotopic (exact) mass is 840 g/mol. The summed E-state index contributed by atoms with van der Waals surface area (Å²) in [5, 5.41) is 9.73. The molecule has 0 aliphatic carbocycles. The number of carbonyl (C=O) groups excluding carboxylic acids is 3. The first kappa shape index (κ1) is 54.3. The van der Waals surface area contributed by atoms with E-state index < -0.39 is 66.2 Å². The molecule has 0 bridgehead atoms. The third kappa shape index (κ3) is 39.1. The van der Waals surface area contributed by atoms with Crippen LogP contribution in [0.5, 0.6) is 0 Å². The van der Waals surface area contributed by atoms with Gasteiger partial charge in [-0.1, -0.05) is 135 Å². The first-order valence-electron chi connectivity index (χ1n) is 20.8. The maximum Gasteiger partial charge on any atom is 0.472 e. The van der Waals surface area contributed by atoms with Gasteiger partial charge in [0, 0.05) is 19.3 Å². The van der Waals surface area contributed by atoms with E-state index >= 15 is 0 Å². The summed E-state index contributed by atoms with van der Waals surface area (Å²) in [5.74, 6) is -0.177. The molecule has 0 aromatic carbocycles. The van der Waals surface area contributed by atoms with Gasteiger partial charge in [0.1, 0.15) is 12.7 Å². The molecule has 16 heteroatoms. The Kier molecular flexibility index (Phi) is 34.1. The van der Waals surface area contributed by atoms with Crippen LogP contribution in [0.4, 0.5) is 0 Å². The molecular weight excluding hydrogens is 766 g/mol. The molecule has 56 heavy (non-hydrogen) atoms. The lowest BCUT2D eigenvalue weighted by Crippen LogP contribution is -2.30. The average Bonchev–Trinajstić information content (AvgIpc) is 3.13. The fraction of sp³-hybridized carbons (Fsp3) is 0.825. The zero-order valence-electron chi connectivity index (χ0n) is 34.4. The standard InChI is InChI=1S/C40H74O14P2/c1-4-5-21-27-36(41)28-23-18-14-10-8-12-15-19-24-29-39(43)50-33-38(34-53-56(48,49)52-32-37(42)31-51-55(45,46)47)54-40(44)30-25-20-16-11-7-6-9-13-17-22-26-35(2)3/h14,18,23,28,35,37-38,42H,4-13,15-17,19-22,24-27,29-34H2,1-3H3,(H,48,49)(H2,45,46,47)/b18-14-,28-23+/t37-,38+/m0/s1. The number of phosphoric ester groups is 2. The normalized spacial score (nSPS) is 14.4. The van der Waals surface area contributed by atoms with Gasteiger partial charge in [-0.25, -0.2) is 9.13 Å². The first-order chi connectivity index (χ1) is 26.6. The zero-order valence-corrected chi connectivity index (χ0v) is 36.2. The molecule has 1 unspecified atom stereocenters. The van der Waals surface area contributed by atoms with E-state index in [0.29, 0.717) is 19.3 Å². The van der Waals surface area contributed by atoms with Crippen molar-refractivity contribution in [2.75, 3.05) is 26.4 Å². The predicted molar refractivity (Wildman–Crippen MR) is 217 cm³/mol. The largest absolute Gasteiger partial charge is 0.472 e. The van der Waals surface area contributed by atoms with Crippen LogP contribution in [0, 0.1) is 5.92 Å². The van der Waals surface area contributed by atoms with Crippen molar-refractivity contribution >= 4 is 33.4 Å². The molecule has 4 N–H and O–H groups in total. The van der Waals surface area contributed by atoms with E-state index in [2.05, 4.69) is 29.8 Å². The van der Waals surface area contributed by atoms with Crippen LogP contribution in [0.2, 0.25) is 0 Å². The molecular formula is C40H74O14P2. The van der Waals surface area contributed by atoms with E-state index in [9.17, 15) is 33.5 Å². The highest BCUT2D eigenvalue weighted by molar-refractivity contribution is 7.47. The van der Waals surface area contributed by atoms with Crippen LogP contribution in [-0.4, -0.2) is 76.1 Å². The van der Waals surface area contributed by atoms with Crippen molar-refractivity contribution in [3.05, 3.63) is 24.3 Å². The van der Waals surface area contributed by atoms with Crippen molar-refractivity contribution in [2.24, 2.45) is 5.92 Å². The molecule has 0 heterocycles. The van der Waals surface area contributed by atoms with Crippen molar-refractivity contribution in [3.63, 3.8) is 0 Å². The molecule has 0 rings (SSSR count). The summed E-state index contributed by atoms with van der Waals surface area (Å²) in [5.41, 5.74) is 0. The molecule has 0 aromatic heterocycles. The van der Waals surface area contributed by atoms with Gasteiger partial charge >= 0.3 is 27.6 Å². The summed E-state index contributed by atoms with van der Waals surface area (Å²) in [7, 11) is -9.69. The molecule has 0 saturated heterocycles. The number of ether oxygens (including phenoxy) is 2. The minimum absolute atomic E-state index is 0.116. The summed E-state index contributed by atoms with van der Waals surface area (Å²) < 4.78 is 47.6. The van der Waals surface area contributed by atoms with Gasteiger partial charge in [0.2, 0.25) is 0 Å². The summed E-state index contributed by atoms with van der Waals surface area (Å²) in [6, 6.07) is 0. The molecule has 0 aliphatic rings. The lowest BCUT2D eigenvalue weighted by molar-refractivity contribution is -0.161. The van der Waals surface area contributed by atoms with Crippen molar-refractivity contribution in [3.8, 4) is 0 Å². The number of phosphoric acid groups is 2. The second-order valence-electron chi connectivity index (χ2n) is 14.8. The molecule has 3 atom stereocenters. The van der Waals surface area contributed by atoms with Gasteiger partial charge in [0.05, 0.1) is 19.8 Å². The Morgan fingerprint density at radius 3 is 1.71 bits per heavy atom. The summed E-state index contributed by atoms with van der Waals surface area (Å²) in [6.45, 7) is 3.84. The number of aliphatic hydroxyl groups is 1. The maximum absolute atomic E-state index is 12.6. The van der Waals surface area contributed by atoms with Crippen LogP contribution < -0.4 is 0 Å². The average molecular weight is 841 g/mol. The number of allylic oxidation sites excluding steroid dienone is 4. The molecule has 0 fully saturated rings. The van der Waals surface area contributed by atoms with Crippen LogP contribution in [0.15, 0.2) is 24.3 Å². The number of aliphatic hydroxyl groups excluding tert-OH is 1. The Balaban J connectivity index is 4.59. The summed E-state index contributed by atoms with van der Waals surface area (Å²) in [6.07, 6.45) is 26.0. The highest BCUT2D eigenvalue weighted by atomic mass is 31.2. The van der Waals surface area contributed by atoms with Gasteiger partial charge < -0.3 is 29.3 Å². The SMILES string of the molecule is CCCCCC(=O)/C=C/C=C\CCCCCCCC(=O)OC[C@H](COP(=O)(O)OC[C@@H](O)COP(=O)(O)O)OC(=O)CCCCCCCCCCCCC(C)C. The van der Waals surface area contributed by atoms with E-state index in [0.717, 1.165) is 83.0 Å². The second kappa shape index (κ2) is 35.2. The summed E-state index contributed by atoms with van der Waals surface area (Å²) in [4.78, 5) is 64.3. The first-order valence-corrected chi connectivity index (χ1v) is 23.9. The fourth-order valence-electron chi connectivity index (χ4n) is 5.51. The third-order valence-corrected chi connectivity index (χ3v) is 10.2. The second-order valence-corrected chi connectivity index (χ2v) is 17.5. The van der Waals surface area contributed by atoms with Crippen LogP contribution in [0.25, 0.3) is 0 Å². The Morgan fingerprint density at radius 2 is 1.12 bits per heavy atom. The molecule has 0 aromatic rings. The van der Waals surface area contributed by atoms with Gasteiger partial charge in [0.15, 0.2) is 11.9 Å². The smallest absolute Gasteiger partial charge is 0.462 e. The molecule has 0 radical (unpaired) electrons. The Morgan fingerprint density at radius 1 is 0.607 bits per heavy atom. The number of esters is 2. The number of carbonyl (C=O) groups is 3. The summed E-state index contributed by atoms with van der Waals surface area (Å²) >= 11 is 0. The molecule has 14 nitrogen and oxygen atoms in total. The van der Waals surface area contributed by atoms with Gasteiger partial charge in [-0.2, -0.15) is 0 Å². The quantitative estimate of drug-likeness (QED) is 0.0149. The van der Waals surface area contributed by atoms with Crippen LogP contribution in [-0.2, 0) is 46.6 Å². The van der Waals surface area contributed by atoms with Gasteiger partial charge in [0.25, 0.3) is 0 Å². The Labute approximate surface area is 336 Å². The highest BCUT2D eigenvalue weighted by Crippen LogP contribution is 2.43. The van der Waals surface area contributed by atoms with Gasteiger partial charge in [-0.15, -0.1) is 0 Å². The van der Waals surface area contributed by atoms with Crippen LogP contribution in [0.3, 0.4) is 0 Å². The maximum atomic E-state index is 12.6. The minimum atomic E-state index is -4.87.